The molecule has 3 nitrogen and oxygen atoms in total. The van der Waals surface area contributed by atoms with Crippen molar-refractivity contribution >= 4 is 15.9 Å². The average Bonchev–Trinajstić information content (AvgIpc) is 2.32. The average molecular weight is 305 g/mol. The van der Waals surface area contributed by atoms with Crippen LogP contribution >= 0.6 is 15.9 Å². The molecule has 5 heteroatoms. The number of benzene rings is 1. The lowest BCUT2D eigenvalue weighted by Gasteiger charge is -2.16. The van der Waals surface area contributed by atoms with Gasteiger partial charge in [0.2, 0.25) is 0 Å². The van der Waals surface area contributed by atoms with Gasteiger partial charge in [0.25, 0.3) is 0 Å². The van der Waals surface area contributed by atoms with E-state index < -0.39 is 0 Å². The summed E-state index contributed by atoms with van der Waals surface area (Å²) in [4.78, 5) is 0. The molecule has 3 N–H and O–H groups in total. The molecule has 0 aliphatic heterocycles. The van der Waals surface area contributed by atoms with E-state index in [2.05, 4.69) is 21.4 Å². The van der Waals surface area contributed by atoms with Gasteiger partial charge in [0, 0.05) is 23.7 Å². The van der Waals surface area contributed by atoms with E-state index in [4.69, 9.17) is 10.6 Å². The second kappa shape index (κ2) is 7.76. The van der Waals surface area contributed by atoms with Gasteiger partial charge < -0.3 is 4.74 Å². The van der Waals surface area contributed by atoms with Gasteiger partial charge in [-0.25, -0.2) is 4.39 Å². The van der Waals surface area contributed by atoms with Crippen molar-refractivity contribution in [3.05, 3.63) is 34.1 Å². The van der Waals surface area contributed by atoms with Crippen LogP contribution in [0.4, 0.5) is 4.39 Å². The van der Waals surface area contributed by atoms with Crippen molar-refractivity contribution in [1.29, 1.82) is 0 Å². The predicted octanol–water partition coefficient (Wildman–Crippen LogP) is 2.39. The van der Waals surface area contributed by atoms with Crippen LogP contribution in [0.2, 0.25) is 0 Å². The molecule has 1 atom stereocenters. The molecule has 1 aromatic rings. The van der Waals surface area contributed by atoms with E-state index >= 15 is 0 Å². The molecule has 0 bridgehead atoms. The zero-order chi connectivity index (χ0) is 12.7. The van der Waals surface area contributed by atoms with E-state index in [1.807, 2.05) is 6.92 Å². The molecular formula is C12H18BrFN2O. The Kier molecular flexibility index (Phi) is 6.65. The molecule has 0 saturated heterocycles. The number of rotatable bonds is 7. The first-order valence-electron chi connectivity index (χ1n) is 5.65. The Bertz CT molecular complexity index is 349. The number of hydrogen-bond donors (Lipinski definition) is 2. The number of hydrazine groups is 1. The van der Waals surface area contributed by atoms with Crippen LogP contribution in [0, 0.1) is 5.82 Å². The SMILES string of the molecule is CCOCCC(Cc1cc(Br)ccc1F)NN. The second-order valence-electron chi connectivity index (χ2n) is 3.79. The van der Waals surface area contributed by atoms with Gasteiger partial charge in [-0.2, -0.15) is 0 Å². The van der Waals surface area contributed by atoms with Crippen molar-refractivity contribution in [3.8, 4) is 0 Å². The van der Waals surface area contributed by atoms with Crippen LogP contribution in [0.3, 0.4) is 0 Å². The number of hydrogen-bond acceptors (Lipinski definition) is 3. The van der Waals surface area contributed by atoms with Crippen molar-refractivity contribution in [2.24, 2.45) is 5.84 Å². The highest BCUT2D eigenvalue weighted by atomic mass is 79.9. The fraction of sp³-hybridized carbons (Fsp3) is 0.500. The zero-order valence-electron chi connectivity index (χ0n) is 9.88. The Labute approximate surface area is 110 Å². The van der Waals surface area contributed by atoms with Crippen molar-refractivity contribution in [1.82, 2.24) is 5.43 Å². The maximum absolute atomic E-state index is 13.5. The molecule has 1 rings (SSSR count). The maximum Gasteiger partial charge on any atom is 0.126 e. The quantitative estimate of drug-likeness (QED) is 0.462. The lowest BCUT2D eigenvalue weighted by Crippen LogP contribution is -2.37. The third-order valence-corrected chi connectivity index (χ3v) is 3.02. The van der Waals surface area contributed by atoms with Gasteiger partial charge in [-0.05, 0) is 43.5 Å². The highest BCUT2D eigenvalue weighted by Crippen LogP contribution is 2.17. The number of ether oxygens (including phenoxy) is 1. The van der Waals surface area contributed by atoms with E-state index in [0.717, 1.165) is 10.9 Å². The minimum atomic E-state index is -0.204. The van der Waals surface area contributed by atoms with Gasteiger partial charge in [0.1, 0.15) is 5.82 Å². The molecule has 0 radical (unpaired) electrons. The summed E-state index contributed by atoms with van der Waals surface area (Å²) >= 11 is 3.33. The predicted molar refractivity (Wildman–Crippen MR) is 70.0 cm³/mol. The third-order valence-electron chi connectivity index (χ3n) is 2.52. The van der Waals surface area contributed by atoms with Gasteiger partial charge in [-0.15, -0.1) is 0 Å². The Balaban J connectivity index is 2.57. The number of nitrogens with two attached hydrogens (primary N) is 1. The van der Waals surface area contributed by atoms with Gasteiger partial charge in [0.05, 0.1) is 0 Å². The summed E-state index contributed by atoms with van der Waals surface area (Å²) in [7, 11) is 0. The highest BCUT2D eigenvalue weighted by molar-refractivity contribution is 9.10. The first-order chi connectivity index (χ1) is 8.17. The normalized spacial score (nSPS) is 12.7. The van der Waals surface area contributed by atoms with E-state index in [1.165, 1.54) is 6.07 Å². The Morgan fingerprint density at radius 1 is 1.53 bits per heavy atom. The van der Waals surface area contributed by atoms with Gasteiger partial charge in [-0.1, -0.05) is 15.9 Å². The van der Waals surface area contributed by atoms with Crippen LogP contribution in [0.5, 0.6) is 0 Å². The summed E-state index contributed by atoms with van der Waals surface area (Å²) in [5, 5.41) is 0. The van der Waals surface area contributed by atoms with E-state index in [-0.39, 0.29) is 11.9 Å². The first kappa shape index (κ1) is 14.6. The lowest BCUT2D eigenvalue weighted by molar-refractivity contribution is 0.136. The Hall–Kier alpha value is -0.490. The summed E-state index contributed by atoms with van der Waals surface area (Å²) in [6.07, 6.45) is 1.31. The zero-order valence-corrected chi connectivity index (χ0v) is 11.5. The topological polar surface area (TPSA) is 47.3 Å². The van der Waals surface area contributed by atoms with E-state index in [9.17, 15) is 4.39 Å². The highest BCUT2D eigenvalue weighted by Gasteiger charge is 2.11. The molecular weight excluding hydrogens is 287 g/mol. The van der Waals surface area contributed by atoms with Crippen molar-refractivity contribution in [2.45, 2.75) is 25.8 Å². The third kappa shape index (κ3) is 5.12. The lowest BCUT2D eigenvalue weighted by atomic mass is 10.0. The Morgan fingerprint density at radius 2 is 2.29 bits per heavy atom. The van der Waals surface area contributed by atoms with Crippen molar-refractivity contribution in [2.75, 3.05) is 13.2 Å². The fourth-order valence-electron chi connectivity index (χ4n) is 1.58. The molecule has 1 unspecified atom stereocenters. The van der Waals surface area contributed by atoms with Crippen LogP contribution < -0.4 is 11.3 Å². The molecule has 0 aliphatic rings. The maximum atomic E-state index is 13.5. The van der Waals surface area contributed by atoms with Crippen LogP contribution in [0.25, 0.3) is 0 Å². The largest absolute Gasteiger partial charge is 0.382 e. The molecule has 96 valence electrons. The van der Waals surface area contributed by atoms with Gasteiger partial charge in [-0.3, -0.25) is 11.3 Å². The molecule has 0 amide bonds. The summed E-state index contributed by atoms with van der Waals surface area (Å²) in [5.74, 6) is 5.25. The second-order valence-corrected chi connectivity index (χ2v) is 4.70. The van der Waals surface area contributed by atoms with Gasteiger partial charge in [0.15, 0.2) is 0 Å². The van der Waals surface area contributed by atoms with Crippen LogP contribution in [-0.4, -0.2) is 19.3 Å². The van der Waals surface area contributed by atoms with E-state index in [0.29, 0.717) is 25.2 Å². The molecule has 1 aromatic carbocycles. The standard InChI is InChI=1S/C12H18BrFN2O/c1-2-17-6-5-11(16-15)8-9-7-10(13)3-4-12(9)14/h3-4,7,11,16H,2,5-6,8,15H2,1H3. The number of nitrogens with one attached hydrogen (secondary N) is 1. The minimum Gasteiger partial charge on any atom is -0.382 e. The molecule has 0 heterocycles. The molecule has 17 heavy (non-hydrogen) atoms. The molecule has 0 saturated carbocycles. The van der Waals surface area contributed by atoms with E-state index in [1.54, 1.807) is 12.1 Å². The van der Waals surface area contributed by atoms with Crippen LogP contribution in [-0.2, 0) is 11.2 Å². The molecule has 0 aliphatic carbocycles. The number of halogens is 2. The van der Waals surface area contributed by atoms with Gasteiger partial charge >= 0.3 is 0 Å². The smallest absolute Gasteiger partial charge is 0.126 e. The summed E-state index contributed by atoms with van der Waals surface area (Å²) < 4.78 is 19.7. The Morgan fingerprint density at radius 3 is 2.94 bits per heavy atom. The first-order valence-corrected chi connectivity index (χ1v) is 6.44. The monoisotopic (exact) mass is 304 g/mol. The summed E-state index contributed by atoms with van der Waals surface area (Å²) in [6.45, 7) is 3.25. The molecule has 0 spiro atoms. The van der Waals surface area contributed by atoms with Crippen LogP contribution in [0.15, 0.2) is 22.7 Å². The summed E-state index contributed by atoms with van der Waals surface area (Å²) in [5.41, 5.74) is 3.35. The summed E-state index contributed by atoms with van der Waals surface area (Å²) in [6, 6.07) is 4.94. The fourth-order valence-corrected chi connectivity index (χ4v) is 1.99. The molecule has 0 fully saturated rings. The molecule has 0 aromatic heterocycles. The van der Waals surface area contributed by atoms with Crippen molar-refractivity contribution in [3.63, 3.8) is 0 Å². The van der Waals surface area contributed by atoms with Crippen molar-refractivity contribution < 1.29 is 9.13 Å². The minimum absolute atomic E-state index is 0.0188. The van der Waals surface area contributed by atoms with Crippen LogP contribution in [0.1, 0.15) is 18.9 Å².